The van der Waals surface area contributed by atoms with E-state index in [1.54, 1.807) is 13.3 Å². The number of rotatable bonds is 4. The number of methoxy groups -OCH3 is 1. The molecule has 4 heteroatoms. The van der Waals surface area contributed by atoms with Gasteiger partial charge in [-0.25, -0.2) is 9.97 Å². The fourth-order valence-electron chi connectivity index (χ4n) is 2.31. The van der Waals surface area contributed by atoms with E-state index < -0.39 is 0 Å². The van der Waals surface area contributed by atoms with Gasteiger partial charge >= 0.3 is 0 Å². The second-order valence-electron chi connectivity index (χ2n) is 4.89. The molecule has 0 saturated carbocycles. The summed E-state index contributed by atoms with van der Waals surface area (Å²) in [5, 5.41) is 9.96. The smallest absolute Gasteiger partial charge is 0.233 e. The van der Waals surface area contributed by atoms with Gasteiger partial charge in [0.1, 0.15) is 11.4 Å². The minimum atomic E-state index is -0.0394. The van der Waals surface area contributed by atoms with Crippen LogP contribution >= 0.6 is 0 Å². The summed E-state index contributed by atoms with van der Waals surface area (Å²) in [6.07, 6.45) is 2.09. The van der Waals surface area contributed by atoms with Crippen molar-refractivity contribution in [1.29, 1.82) is 0 Å². The summed E-state index contributed by atoms with van der Waals surface area (Å²) in [6.45, 7) is 0. The number of aromatic hydroxyl groups is 1. The summed E-state index contributed by atoms with van der Waals surface area (Å²) in [6, 6.07) is 17.5. The van der Waals surface area contributed by atoms with Crippen molar-refractivity contribution in [1.82, 2.24) is 9.97 Å². The highest BCUT2D eigenvalue weighted by molar-refractivity contribution is 5.66. The van der Waals surface area contributed by atoms with Gasteiger partial charge in [0.2, 0.25) is 5.88 Å². The molecule has 0 spiro atoms. The molecule has 0 atom stereocenters. The van der Waals surface area contributed by atoms with Crippen molar-refractivity contribution < 1.29 is 9.84 Å². The lowest BCUT2D eigenvalue weighted by Crippen LogP contribution is -1.98. The van der Waals surface area contributed by atoms with Gasteiger partial charge in [-0.1, -0.05) is 42.5 Å². The lowest BCUT2D eigenvalue weighted by molar-refractivity contribution is 0.416. The number of hydrogen-bond donors (Lipinski definition) is 1. The molecule has 3 aromatic rings. The Hall–Kier alpha value is -2.88. The fraction of sp³-hybridized carbons (Fsp3) is 0.111. The number of para-hydroxylation sites is 1. The molecule has 1 heterocycles. The van der Waals surface area contributed by atoms with Crippen LogP contribution in [0.4, 0.5) is 0 Å². The molecule has 2 aromatic carbocycles. The highest BCUT2D eigenvalue weighted by Crippen LogP contribution is 2.29. The Bertz CT molecular complexity index is 773. The molecular formula is C18H16N2O2. The van der Waals surface area contributed by atoms with Crippen molar-refractivity contribution in [3.63, 3.8) is 0 Å². The van der Waals surface area contributed by atoms with Gasteiger partial charge in [-0.05, 0) is 17.7 Å². The summed E-state index contributed by atoms with van der Waals surface area (Å²) in [5.41, 5.74) is 3.16. The second kappa shape index (κ2) is 6.26. The van der Waals surface area contributed by atoms with Gasteiger partial charge in [-0.2, -0.15) is 0 Å². The van der Waals surface area contributed by atoms with Crippen molar-refractivity contribution in [2.45, 2.75) is 6.42 Å². The standard InChI is InChI=1S/C18H16N2O2/c1-22-17-10-6-5-9-14(17)16-12-19-18(21)15(20-16)11-13-7-3-2-4-8-13/h2-10,12H,11H2,1H3,(H,19,21). The van der Waals surface area contributed by atoms with E-state index in [1.165, 1.54) is 0 Å². The summed E-state index contributed by atoms with van der Waals surface area (Å²) < 4.78 is 5.36. The van der Waals surface area contributed by atoms with Crippen LogP contribution in [-0.4, -0.2) is 22.2 Å². The third-order valence-electron chi connectivity index (χ3n) is 3.42. The van der Waals surface area contributed by atoms with Crippen LogP contribution in [0.2, 0.25) is 0 Å². The van der Waals surface area contributed by atoms with E-state index in [2.05, 4.69) is 9.97 Å². The molecule has 110 valence electrons. The fourth-order valence-corrected chi connectivity index (χ4v) is 2.31. The van der Waals surface area contributed by atoms with E-state index in [0.717, 1.165) is 16.9 Å². The Morgan fingerprint density at radius 3 is 2.50 bits per heavy atom. The molecule has 0 aliphatic carbocycles. The molecule has 1 aromatic heterocycles. The van der Waals surface area contributed by atoms with Crippen LogP contribution in [0.1, 0.15) is 11.3 Å². The predicted molar refractivity (Wildman–Crippen MR) is 84.9 cm³/mol. The first-order valence-corrected chi connectivity index (χ1v) is 7.00. The van der Waals surface area contributed by atoms with Gasteiger partial charge in [-0.3, -0.25) is 0 Å². The first kappa shape index (κ1) is 14.1. The number of benzene rings is 2. The zero-order valence-electron chi connectivity index (χ0n) is 12.2. The van der Waals surface area contributed by atoms with Crippen LogP contribution in [0.3, 0.4) is 0 Å². The second-order valence-corrected chi connectivity index (χ2v) is 4.89. The Labute approximate surface area is 129 Å². The third kappa shape index (κ3) is 2.91. The van der Waals surface area contributed by atoms with Crippen molar-refractivity contribution in [2.75, 3.05) is 7.11 Å². The number of ether oxygens (including phenoxy) is 1. The number of nitrogens with zero attached hydrogens (tertiary/aromatic N) is 2. The lowest BCUT2D eigenvalue weighted by atomic mass is 10.1. The van der Waals surface area contributed by atoms with Crippen LogP contribution in [-0.2, 0) is 6.42 Å². The minimum Gasteiger partial charge on any atom is -0.496 e. The van der Waals surface area contributed by atoms with E-state index in [-0.39, 0.29) is 5.88 Å². The van der Waals surface area contributed by atoms with Gasteiger partial charge in [0.15, 0.2) is 0 Å². The van der Waals surface area contributed by atoms with E-state index in [0.29, 0.717) is 17.8 Å². The minimum absolute atomic E-state index is 0.0394. The van der Waals surface area contributed by atoms with E-state index in [4.69, 9.17) is 4.74 Å². The monoisotopic (exact) mass is 292 g/mol. The third-order valence-corrected chi connectivity index (χ3v) is 3.42. The van der Waals surface area contributed by atoms with Crippen LogP contribution in [0.5, 0.6) is 11.6 Å². The molecule has 1 N–H and O–H groups in total. The van der Waals surface area contributed by atoms with Crippen molar-refractivity contribution >= 4 is 0 Å². The van der Waals surface area contributed by atoms with Crippen LogP contribution in [0, 0.1) is 0 Å². The van der Waals surface area contributed by atoms with Crippen molar-refractivity contribution in [2.24, 2.45) is 0 Å². The molecule has 0 unspecified atom stereocenters. The highest BCUT2D eigenvalue weighted by atomic mass is 16.5. The van der Waals surface area contributed by atoms with Gasteiger partial charge < -0.3 is 9.84 Å². The molecule has 0 aliphatic rings. The van der Waals surface area contributed by atoms with Crippen LogP contribution in [0.15, 0.2) is 60.8 Å². The lowest BCUT2D eigenvalue weighted by Gasteiger charge is -2.09. The maximum Gasteiger partial charge on any atom is 0.233 e. The maximum absolute atomic E-state index is 9.96. The van der Waals surface area contributed by atoms with E-state index >= 15 is 0 Å². The van der Waals surface area contributed by atoms with Crippen molar-refractivity contribution in [3.8, 4) is 22.9 Å². The highest BCUT2D eigenvalue weighted by Gasteiger charge is 2.11. The number of aromatic nitrogens is 2. The van der Waals surface area contributed by atoms with Gasteiger partial charge in [0.25, 0.3) is 0 Å². The summed E-state index contributed by atoms with van der Waals surface area (Å²) in [4.78, 5) is 8.62. The average Bonchev–Trinajstić information content (AvgIpc) is 2.58. The quantitative estimate of drug-likeness (QED) is 0.800. The van der Waals surface area contributed by atoms with Gasteiger partial charge in [-0.15, -0.1) is 0 Å². The Kier molecular flexibility index (Phi) is 4.01. The molecule has 3 rings (SSSR count). The van der Waals surface area contributed by atoms with Gasteiger partial charge in [0, 0.05) is 12.0 Å². The zero-order chi connectivity index (χ0) is 15.4. The van der Waals surface area contributed by atoms with Gasteiger partial charge in [0.05, 0.1) is 19.0 Å². The summed E-state index contributed by atoms with van der Waals surface area (Å²) >= 11 is 0. The first-order chi connectivity index (χ1) is 10.8. The Morgan fingerprint density at radius 1 is 1.00 bits per heavy atom. The summed E-state index contributed by atoms with van der Waals surface area (Å²) in [5.74, 6) is 0.690. The molecule has 22 heavy (non-hydrogen) atoms. The molecule has 0 saturated heterocycles. The molecule has 0 fully saturated rings. The molecular weight excluding hydrogens is 276 g/mol. The van der Waals surface area contributed by atoms with Crippen LogP contribution < -0.4 is 4.74 Å². The topological polar surface area (TPSA) is 55.2 Å². The molecule has 4 nitrogen and oxygen atoms in total. The molecule has 0 bridgehead atoms. The van der Waals surface area contributed by atoms with Crippen molar-refractivity contribution in [3.05, 3.63) is 72.1 Å². The van der Waals surface area contributed by atoms with E-state index in [9.17, 15) is 5.11 Å². The predicted octanol–water partition coefficient (Wildman–Crippen LogP) is 3.45. The number of hydrogen-bond acceptors (Lipinski definition) is 4. The zero-order valence-corrected chi connectivity index (χ0v) is 12.2. The SMILES string of the molecule is COc1ccccc1-c1cnc(O)c(Cc2ccccc2)n1. The average molecular weight is 292 g/mol. The van der Waals surface area contributed by atoms with Crippen LogP contribution in [0.25, 0.3) is 11.3 Å². The Morgan fingerprint density at radius 2 is 1.73 bits per heavy atom. The maximum atomic E-state index is 9.96. The summed E-state index contributed by atoms with van der Waals surface area (Å²) in [7, 11) is 1.62. The first-order valence-electron chi connectivity index (χ1n) is 7.00. The Balaban J connectivity index is 1.99. The molecule has 0 radical (unpaired) electrons. The molecule has 0 amide bonds. The largest absolute Gasteiger partial charge is 0.496 e. The van der Waals surface area contributed by atoms with E-state index in [1.807, 2.05) is 54.6 Å². The molecule has 0 aliphatic heterocycles. The normalized spacial score (nSPS) is 10.4.